The predicted octanol–water partition coefficient (Wildman–Crippen LogP) is 3.39. The van der Waals surface area contributed by atoms with Crippen LogP contribution in [-0.2, 0) is 13.1 Å². The first-order valence-electron chi connectivity index (χ1n) is 8.36. The molecule has 24 heavy (non-hydrogen) atoms. The zero-order chi connectivity index (χ0) is 16.9. The minimum absolute atomic E-state index is 0.0723. The highest BCUT2D eigenvalue weighted by Gasteiger charge is 2.17. The summed E-state index contributed by atoms with van der Waals surface area (Å²) < 4.78 is 0. The molecule has 0 atom stereocenters. The summed E-state index contributed by atoms with van der Waals surface area (Å²) in [5, 5.41) is 5.94. The largest absolute Gasteiger partial charge is 0.371 e. The molecule has 5 nitrogen and oxygen atoms in total. The van der Waals surface area contributed by atoms with Gasteiger partial charge in [0.05, 0.1) is 17.2 Å². The van der Waals surface area contributed by atoms with Crippen molar-refractivity contribution in [2.45, 2.75) is 32.9 Å². The molecule has 0 spiro atoms. The number of carbonyl (C=O) groups is 1. The van der Waals surface area contributed by atoms with Crippen LogP contribution < -0.4 is 10.2 Å². The van der Waals surface area contributed by atoms with E-state index in [1.54, 1.807) is 16.2 Å². The average molecular weight is 344 g/mol. The van der Waals surface area contributed by atoms with Crippen LogP contribution in [0.4, 0.5) is 10.5 Å². The lowest BCUT2D eigenvalue weighted by Crippen LogP contribution is -2.36. The maximum atomic E-state index is 12.3. The average Bonchev–Trinajstić information content (AvgIpc) is 3.24. The van der Waals surface area contributed by atoms with E-state index >= 15 is 0 Å². The van der Waals surface area contributed by atoms with E-state index in [2.05, 4.69) is 33.4 Å². The summed E-state index contributed by atoms with van der Waals surface area (Å²) in [7, 11) is 1.84. The van der Waals surface area contributed by atoms with E-state index < -0.39 is 0 Å². The second-order valence-electron chi connectivity index (χ2n) is 6.20. The number of amides is 2. The molecule has 0 radical (unpaired) electrons. The third kappa shape index (κ3) is 4.06. The number of carbonyl (C=O) groups excluding carboxylic acids is 1. The quantitative estimate of drug-likeness (QED) is 0.904. The van der Waals surface area contributed by atoms with Crippen molar-refractivity contribution >= 4 is 23.1 Å². The number of nitrogens with zero attached hydrogens (tertiary/aromatic N) is 3. The summed E-state index contributed by atoms with van der Waals surface area (Å²) in [5.74, 6) is 0. The van der Waals surface area contributed by atoms with Crippen LogP contribution >= 0.6 is 11.3 Å². The van der Waals surface area contributed by atoms with Crippen molar-refractivity contribution in [3.63, 3.8) is 0 Å². The number of benzene rings is 1. The number of aryl methyl sites for hydroxylation is 1. The molecule has 1 aromatic heterocycles. The molecular formula is C18H24N4OS. The fourth-order valence-electron chi connectivity index (χ4n) is 3.03. The molecule has 2 aromatic rings. The summed E-state index contributed by atoms with van der Waals surface area (Å²) in [5.41, 5.74) is 3.36. The monoisotopic (exact) mass is 344 g/mol. The number of hydrogen-bond donors (Lipinski definition) is 1. The van der Waals surface area contributed by atoms with Crippen molar-refractivity contribution in [2.24, 2.45) is 0 Å². The summed E-state index contributed by atoms with van der Waals surface area (Å²) >= 11 is 1.60. The molecule has 6 heteroatoms. The number of aromatic nitrogens is 1. The first-order chi connectivity index (χ1) is 11.6. The molecule has 2 amide bonds. The fraction of sp³-hybridized carbons (Fsp3) is 0.444. The Balaban J connectivity index is 1.59. The molecule has 0 aliphatic carbocycles. The summed E-state index contributed by atoms with van der Waals surface area (Å²) in [6.45, 7) is 5.26. The van der Waals surface area contributed by atoms with Gasteiger partial charge in [0, 0.05) is 37.7 Å². The van der Waals surface area contributed by atoms with Gasteiger partial charge in [-0.15, -0.1) is 11.3 Å². The Morgan fingerprint density at radius 1 is 1.33 bits per heavy atom. The van der Waals surface area contributed by atoms with E-state index in [1.807, 2.05) is 25.4 Å². The van der Waals surface area contributed by atoms with Gasteiger partial charge in [-0.25, -0.2) is 9.78 Å². The van der Waals surface area contributed by atoms with E-state index in [0.717, 1.165) is 23.8 Å². The molecule has 1 N–H and O–H groups in total. The molecule has 1 aliphatic heterocycles. The molecule has 0 saturated carbocycles. The van der Waals surface area contributed by atoms with Crippen LogP contribution in [0.1, 0.15) is 29.1 Å². The highest BCUT2D eigenvalue weighted by Crippen LogP contribution is 2.25. The SMILES string of the molecule is Cc1nc(CNC(=O)N(C)Cc2ccccc2N2CCCC2)cs1. The summed E-state index contributed by atoms with van der Waals surface area (Å²) in [4.78, 5) is 20.9. The van der Waals surface area contributed by atoms with E-state index in [9.17, 15) is 4.79 Å². The van der Waals surface area contributed by atoms with E-state index in [1.165, 1.54) is 24.1 Å². The number of rotatable bonds is 5. The van der Waals surface area contributed by atoms with Crippen molar-refractivity contribution in [3.8, 4) is 0 Å². The van der Waals surface area contributed by atoms with Gasteiger partial charge < -0.3 is 15.1 Å². The smallest absolute Gasteiger partial charge is 0.317 e. The highest BCUT2D eigenvalue weighted by atomic mass is 32.1. The van der Waals surface area contributed by atoms with Gasteiger partial charge in [0.1, 0.15) is 0 Å². The first kappa shape index (κ1) is 16.8. The minimum atomic E-state index is -0.0723. The van der Waals surface area contributed by atoms with Crippen LogP contribution in [0, 0.1) is 6.92 Å². The summed E-state index contributed by atoms with van der Waals surface area (Å²) in [6.07, 6.45) is 2.50. The number of hydrogen-bond acceptors (Lipinski definition) is 4. The standard InChI is InChI=1S/C18H24N4OS/c1-14-20-16(13-24-14)11-19-18(23)21(2)12-15-7-3-4-8-17(15)22-9-5-6-10-22/h3-4,7-8,13H,5-6,9-12H2,1-2H3,(H,19,23). The van der Waals surface area contributed by atoms with Gasteiger partial charge >= 0.3 is 6.03 Å². The van der Waals surface area contributed by atoms with E-state index in [4.69, 9.17) is 0 Å². The Morgan fingerprint density at radius 3 is 2.79 bits per heavy atom. The van der Waals surface area contributed by atoms with Crippen LogP contribution in [0.15, 0.2) is 29.6 Å². The Kier molecular flexibility index (Phi) is 5.35. The van der Waals surface area contributed by atoms with E-state index in [0.29, 0.717) is 13.1 Å². The topological polar surface area (TPSA) is 48.5 Å². The number of urea groups is 1. The third-order valence-corrected chi connectivity index (χ3v) is 5.10. The van der Waals surface area contributed by atoms with Crippen molar-refractivity contribution in [3.05, 3.63) is 45.9 Å². The number of para-hydroxylation sites is 1. The molecule has 3 rings (SSSR count). The molecule has 1 aromatic carbocycles. The lowest BCUT2D eigenvalue weighted by atomic mass is 10.1. The minimum Gasteiger partial charge on any atom is -0.371 e. The van der Waals surface area contributed by atoms with Gasteiger partial charge in [-0.1, -0.05) is 18.2 Å². The van der Waals surface area contributed by atoms with Gasteiger partial charge in [0.15, 0.2) is 0 Å². The molecule has 0 bridgehead atoms. The van der Waals surface area contributed by atoms with Crippen LogP contribution in [0.5, 0.6) is 0 Å². The molecule has 0 unspecified atom stereocenters. The Morgan fingerprint density at radius 2 is 2.08 bits per heavy atom. The molecule has 1 saturated heterocycles. The van der Waals surface area contributed by atoms with Crippen molar-refractivity contribution in [2.75, 3.05) is 25.0 Å². The maximum absolute atomic E-state index is 12.3. The van der Waals surface area contributed by atoms with Gasteiger partial charge in [-0.05, 0) is 31.4 Å². The van der Waals surface area contributed by atoms with Crippen LogP contribution in [-0.4, -0.2) is 36.1 Å². The van der Waals surface area contributed by atoms with Gasteiger partial charge in [0.25, 0.3) is 0 Å². The summed E-state index contributed by atoms with van der Waals surface area (Å²) in [6, 6.07) is 8.31. The van der Waals surface area contributed by atoms with Crippen LogP contribution in [0.3, 0.4) is 0 Å². The van der Waals surface area contributed by atoms with Gasteiger partial charge in [-0.3, -0.25) is 0 Å². The normalized spacial score (nSPS) is 14.0. The second kappa shape index (κ2) is 7.66. The number of nitrogens with one attached hydrogen (secondary N) is 1. The zero-order valence-corrected chi connectivity index (χ0v) is 15.1. The van der Waals surface area contributed by atoms with Crippen molar-refractivity contribution in [1.82, 2.24) is 15.2 Å². The Bertz CT molecular complexity index is 694. The Labute approximate surface area is 147 Å². The molecule has 128 valence electrons. The van der Waals surface area contributed by atoms with Crippen molar-refractivity contribution in [1.29, 1.82) is 0 Å². The third-order valence-electron chi connectivity index (χ3n) is 4.28. The van der Waals surface area contributed by atoms with Crippen LogP contribution in [0.25, 0.3) is 0 Å². The van der Waals surface area contributed by atoms with E-state index in [-0.39, 0.29) is 6.03 Å². The predicted molar refractivity (Wildman–Crippen MR) is 98.4 cm³/mol. The van der Waals surface area contributed by atoms with Gasteiger partial charge in [-0.2, -0.15) is 0 Å². The second-order valence-corrected chi connectivity index (χ2v) is 7.26. The first-order valence-corrected chi connectivity index (χ1v) is 9.24. The van der Waals surface area contributed by atoms with Gasteiger partial charge in [0.2, 0.25) is 0 Å². The molecule has 1 aliphatic rings. The highest BCUT2D eigenvalue weighted by molar-refractivity contribution is 7.09. The zero-order valence-electron chi connectivity index (χ0n) is 14.3. The molecule has 1 fully saturated rings. The Hall–Kier alpha value is -2.08. The lowest BCUT2D eigenvalue weighted by molar-refractivity contribution is 0.206. The number of anilines is 1. The maximum Gasteiger partial charge on any atom is 0.317 e. The fourth-order valence-corrected chi connectivity index (χ4v) is 3.64. The number of thiazole rings is 1. The van der Waals surface area contributed by atoms with Crippen molar-refractivity contribution < 1.29 is 4.79 Å². The molecular weight excluding hydrogens is 320 g/mol. The lowest BCUT2D eigenvalue weighted by Gasteiger charge is -2.24. The van der Waals surface area contributed by atoms with Crippen LogP contribution in [0.2, 0.25) is 0 Å². The molecule has 2 heterocycles.